The molecule has 3 rings (SSSR count). The minimum atomic E-state index is -0.636. The molecule has 0 fully saturated rings. The smallest absolute Gasteiger partial charge is 0.410 e. The molecular weight excluding hydrogens is 382 g/mol. The number of hydrogen-bond donors (Lipinski definition) is 2. The third-order valence-corrected chi connectivity index (χ3v) is 4.49. The summed E-state index contributed by atoms with van der Waals surface area (Å²) in [5, 5.41) is 23.8. The van der Waals surface area contributed by atoms with Crippen LogP contribution in [-0.4, -0.2) is 44.1 Å². The molecule has 1 atom stereocenters. The lowest BCUT2D eigenvalue weighted by Gasteiger charge is -2.14. The van der Waals surface area contributed by atoms with Crippen molar-refractivity contribution in [3.63, 3.8) is 0 Å². The Kier molecular flexibility index (Phi) is 6.79. The van der Waals surface area contributed by atoms with E-state index >= 15 is 0 Å². The van der Waals surface area contributed by atoms with Crippen LogP contribution in [0.1, 0.15) is 32.2 Å². The van der Waals surface area contributed by atoms with Crippen LogP contribution in [0.5, 0.6) is 5.75 Å². The average molecular weight is 409 g/mol. The van der Waals surface area contributed by atoms with Gasteiger partial charge in [-0.25, -0.2) is 4.79 Å². The molecule has 8 nitrogen and oxygen atoms in total. The summed E-state index contributed by atoms with van der Waals surface area (Å²) >= 11 is 0. The molecule has 2 N–H and O–H groups in total. The van der Waals surface area contributed by atoms with Crippen molar-refractivity contribution in [2.45, 2.75) is 40.2 Å². The first-order valence-corrected chi connectivity index (χ1v) is 9.94. The number of aliphatic hydroxyl groups is 1. The van der Waals surface area contributed by atoms with E-state index in [9.17, 15) is 4.79 Å². The number of aromatic nitrogens is 4. The van der Waals surface area contributed by atoms with Crippen molar-refractivity contribution >= 4 is 6.09 Å². The lowest BCUT2D eigenvalue weighted by molar-refractivity contribution is 0.186. The van der Waals surface area contributed by atoms with E-state index in [2.05, 4.69) is 34.7 Å². The molecule has 2 aromatic carbocycles. The van der Waals surface area contributed by atoms with E-state index in [1.807, 2.05) is 37.3 Å². The number of tetrazole rings is 1. The normalized spacial score (nSPS) is 12.1. The molecule has 0 saturated carbocycles. The summed E-state index contributed by atoms with van der Waals surface area (Å²) in [6.45, 7) is 7.74. The van der Waals surface area contributed by atoms with Crippen molar-refractivity contribution in [1.29, 1.82) is 0 Å². The fraction of sp³-hybridized carbons (Fsp3) is 0.364. The Bertz CT molecular complexity index is 998. The minimum Gasteiger partial charge on any atom is -0.410 e. The second-order valence-corrected chi connectivity index (χ2v) is 7.80. The first-order chi connectivity index (χ1) is 14.4. The van der Waals surface area contributed by atoms with Gasteiger partial charge in [-0.2, -0.15) is 4.68 Å². The molecule has 30 heavy (non-hydrogen) atoms. The zero-order valence-corrected chi connectivity index (χ0v) is 17.7. The Labute approximate surface area is 175 Å². The van der Waals surface area contributed by atoms with E-state index in [0.29, 0.717) is 23.8 Å². The molecule has 0 aliphatic rings. The van der Waals surface area contributed by atoms with Gasteiger partial charge in [0.25, 0.3) is 0 Å². The number of ether oxygens (including phenoxy) is 1. The van der Waals surface area contributed by atoms with Gasteiger partial charge in [-0.15, -0.1) is 5.10 Å². The van der Waals surface area contributed by atoms with Gasteiger partial charge in [-0.3, -0.25) is 0 Å². The zero-order valence-electron chi connectivity index (χ0n) is 17.7. The van der Waals surface area contributed by atoms with Gasteiger partial charge >= 0.3 is 6.09 Å². The Morgan fingerprint density at radius 2 is 1.87 bits per heavy atom. The van der Waals surface area contributed by atoms with Crippen molar-refractivity contribution in [3.05, 3.63) is 53.9 Å². The Morgan fingerprint density at radius 1 is 1.13 bits per heavy atom. The molecule has 0 radical (unpaired) electrons. The van der Waals surface area contributed by atoms with Crippen LogP contribution in [0, 0.1) is 12.8 Å². The van der Waals surface area contributed by atoms with Gasteiger partial charge in [0.2, 0.25) is 0 Å². The van der Waals surface area contributed by atoms with E-state index in [4.69, 9.17) is 9.84 Å². The lowest BCUT2D eigenvalue weighted by atomic mass is 10.0. The monoisotopic (exact) mass is 409 g/mol. The Hall–Kier alpha value is -3.26. The maximum atomic E-state index is 12.2. The number of aryl methyl sites for hydroxylation is 1. The van der Waals surface area contributed by atoms with Crippen molar-refractivity contribution in [3.8, 4) is 22.6 Å². The molecule has 0 aliphatic carbocycles. The van der Waals surface area contributed by atoms with Gasteiger partial charge in [-0.1, -0.05) is 43.7 Å². The number of amides is 1. The highest BCUT2D eigenvalue weighted by Crippen LogP contribution is 2.29. The zero-order chi connectivity index (χ0) is 21.7. The molecule has 3 aromatic rings. The topological polar surface area (TPSA) is 102 Å². The molecule has 158 valence electrons. The van der Waals surface area contributed by atoms with Gasteiger partial charge < -0.3 is 15.2 Å². The SMILES string of the molecule is Cc1ccc(-c2cc(OC(=O)NC(C)CO)cc(-n3nnnc3CC(C)C)c2)cc1. The van der Waals surface area contributed by atoms with Gasteiger partial charge in [0.1, 0.15) is 5.75 Å². The van der Waals surface area contributed by atoms with E-state index in [-0.39, 0.29) is 6.61 Å². The van der Waals surface area contributed by atoms with Crippen LogP contribution < -0.4 is 10.1 Å². The molecule has 1 unspecified atom stereocenters. The van der Waals surface area contributed by atoms with E-state index in [0.717, 1.165) is 22.5 Å². The maximum Gasteiger partial charge on any atom is 0.412 e. The first-order valence-electron chi connectivity index (χ1n) is 9.94. The van der Waals surface area contributed by atoms with Crippen molar-refractivity contribution in [2.75, 3.05) is 6.61 Å². The van der Waals surface area contributed by atoms with E-state index < -0.39 is 12.1 Å². The van der Waals surface area contributed by atoms with Gasteiger partial charge in [0.05, 0.1) is 18.3 Å². The number of hydrogen-bond acceptors (Lipinski definition) is 6. The average Bonchev–Trinajstić information content (AvgIpc) is 3.15. The second-order valence-electron chi connectivity index (χ2n) is 7.80. The van der Waals surface area contributed by atoms with Crippen LogP contribution >= 0.6 is 0 Å². The van der Waals surface area contributed by atoms with Crippen LogP contribution in [0.2, 0.25) is 0 Å². The molecule has 1 heterocycles. The molecule has 0 saturated heterocycles. The largest absolute Gasteiger partial charge is 0.412 e. The van der Waals surface area contributed by atoms with Gasteiger partial charge in [0.15, 0.2) is 5.82 Å². The Morgan fingerprint density at radius 3 is 2.53 bits per heavy atom. The predicted octanol–water partition coefficient (Wildman–Crippen LogP) is 3.31. The number of rotatable bonds is 7. The minimum absolute atomic E-state index is 0.174. The summed E-state index contributed by atoms with van der Waals surface area (Å²) in [6, 6.07) is 13.2. The second kappa shape index (κ2) is 9.49. The molecule has 0 spiro atoms. The number of aliphatic hydroxyl groups excluding tert-OH is 1. The quantitative estimate of drug-likeness (QED) is 0.621. The third-order valence-electron chi connectivity index (χ3n) is 4.49. The molecular formula is C22H27N5O3. The summed E-state index contributed by atoms with van der Waals surface area (Å²) in [5.41, 5.74) is 3.71. The van der Waals surface area contributed by atoms with E-state index in [1.54, 1.807) is 23.7 Å². The van der Waals surface area contributed by atoms with Crippen LogP contribution in [0.4, 0.5) is 4.79 Å². The maximum absolute atomic E-state index is 12.2. The number of carbonyl (C=O) groups is 1. The van der Waals surface area contributed by atoms with Crippen molar-refractivity contribution < 1.29 is 14.6 Å². The predicted molar refractivity (Wildman–Crippen MR) is 114 cm³/mol. The lowest BCUT2D eigenvalue weighted by Crippen LogP contribution is -2.37. The summed E-state index contributed by atoms with van der Waals surface area (Å²) in [5.74, 6) is 1.48. The van der Waals surface area contributed by atoms with Gasteiger partial charge in [0, 0.05) is 12.5 Å². The van der Waals surface area contributed by atoms with Crippen LogP contribution in [0.15, 0.2) is 42.5 Å². The summed E-state index contributed by atoms with van der Waals surface area (Å²) in [6.07, 6.45) is 0.0783. The standard InChI is InChI=1S/C22H27N5O3/c1-14(2)9-21-24-25-26-27(21)19-10-18(17-7-5-15(3)6-8-17)11-20(12-19)30-22(29)23-16(4)13-28/h5-8,10-12,14,16,28H,9,13H2,1-4H3,(H,23,29). The molecule has 8 heteroatoms. The van der Waals surface area contributed by atoms with Crippen LogP contribution in [0.25, 0.3) is 16.8 Å². The van der Waals surface area contributed by atoms with E-state index in [1.165, 1.54) is 0 Å². The van der Waals surface area contributed by atoms with Crippen LogP contribution in [-0.2, 0) is 6.42 Å². The highest BCUT2D eigenvalue weighted by Gasteiger charge is 2.15. The van der Waals surface area contributed by atoms with Crippen molar-refractivity contribution in [2.24, 2.45) is 5.92 Å². The van der Waals surface area contributed by atoms with Gasteiger partial charge in [-0.05, 0) is 53.5 Å². The number of carbonyl (C=O) groups excluding carboxylic acids is 1. The molecule has 1 amide bonds. The first kappa shape index (κ1) is 21.4. The molecule has 0 aliphatic heterocycles. The fourth-order valence-electron chi connectivity index (χ4n) is 2.96. The third kappa shape index (κ3) is 5.42. The Balaban J connectivity index is 2.01. The summed E-state index contributed by atoms with van der Waals surface area (Å²) < 4.78 is 7.15. The summed E-state index contributed by atoms with van der Waals surface area (Å²) in [4.78, 5) is 12.2. The highest BCUT2D eigenvalue weighted by molar-refractivity contribution is 5.74. The number of nitrogens with zero attached hydrogens (tertiary/aromatic N) is 4. The number of nitrogens with one attached hydrogen (secondary N) is 1. The number of benzene rings is 2. The van der Waals surface area contributed by atoms with Crippen LogP contribution in [0.3, 0.4) is 0 Å². The highest BCUT2D eigenvalue weighted by atomic mass is 16.6. The molecule has 0 bridgehead atoms. The fourth-order valence-corrected chi connectivity index (χ4v) is 2.96. The molecule has 1 aromatic heterocycles. The summed E-state index contributed by atoms with van der Waals surface area (Å²) in [7, 11) is 0. The van der Waals surface area contributed by atoms with Crippen molar-refractivity contribution in [1.82, 2.24) is 25.5 Å².